The van der Waals surface area contributed by atoms with Crippen LogP contribution in [0.1, 0.15) is 54.5 Å². The summed E-state index contributed by atoms with van der Waals surface area (Å²) in [7, 11) is 0. The van der Waals surface area contributed by atoms with E-state index in [2.05, 4.69) is 22.5 Å². The molecule has 2 N–H and O–H groups in total. The van der Waals surface area contributed by atoms with E-state index in [1.54, 1.807) is 4.90 Å². The van der Waals surface area contributed by atoms with Gasteiger partial charge in [0.25, 0.3) is 5.91 Å². The second-order valence-electron chi connectivity index (χ2n) is 7.22. The number of rotatable bonds is 7. The van der Waals surface area contributed by atoms with Crippen LogP contribution in [0.25, 0.3) is 0 Å². The van der Waals surface area contributed by atoms with Gasteiger partial charge >= 0.3 is 6.03 Å². The van der Waals surface area contributed by atoms with Crippen molar-refractivity contribution in [1.82, 2.24) is 15.2 Å². The number of hydrogen-bond donors (Lipinski definition) is 2. The zero-order valence-corrected chi connectivity index (χ0v) is 15.4. The molecule has 7 heteroatoms. The second kappa shape index (κ2) is 7.42. The van der Waals surface area contributed by atoms with Crippen molar-refractivity contribution in [3.63, 3.8) is 0 Å². The number of urea groups is 1. The molecule has 2 aromatic rings. The van der Waals surface area contributed by atoms with Crippen LogP contribution in [-0.4, -0.2) is 33.9 Å². The maximum atomic E-state index is 12.8. The number of amides is 3. The summed E-state index contributed by atoms with van der Waals surface area (Å²) < 4.78 is 5.44. The van der Waals surface area contributed by atoms with Gasteiger partial charge in [-0.1, -0.05) is 19.1 Å². The molecule has 1 heterocycles. The molecule has 0 atom stereocenters. The van der Waals surface area contributed by atoms with Gasteiger partial charge in [0, 0.05) is 17.8 Å². The predicted octanol–water partition coefficient (Wildman–Crippen LogP) is 3.33. The third-order valence-corrected chi connectivity index (χ3v) is 4.84. The third-order valence-electron chi connectivity index (χ3n) is 4.84. The molecule has 0 spiro atoms. The normalized spacial score (nSPS) is 16.0. The minimum absolute atomic E-state index is 0.173. The van der Waals surface area contributed by atoms with Gasteiger partial charge in [0.15, 0.2) is 5.69 Å². The Kier molecular flexibility index (Phi) is 4.83. The van der Waals surface area contributed by atoms with Gasteiger partial charge in [-0.25, -0.2) is 9.78 Å². The fraction of sp³-hybridized carbons (Fsp3) is 0.450. The molecule has 0 aliphatic heterocycles. The molecular weight excluding hydrogens is 344 g/mol. The molecular formula is C20H24N4O3. The Hall–Kier alpha value is -2.83. The van der Waals surface area contributed by atoms with Crippen molar-refractivity contribution in [2.24, 2.45) is 0 Å². The molecule has 27 heavy (non-hydrogen) atoms. The van der Waals surface area contributed by atoms with E-state index < -0.39 is 0 Å². The highest BCUT2D eigenvalue weighted by molar-refractivity contribution is 5.92. The number of oxazole rings is 1. The van der Waals surface area contributed by atoms with Gasteiger partial charge in [0.2, 0.25) is 5.89 Å². The van der Waals surface area contributed by atoms with E-state index in [1.807, 2.05) is 24.3 Å². The van der Waals surface area contributed by atoms with E-state index in [-0.39, 0.29) is 36.3 Å². The fourth-order valence-electron chi connectivity index (χ4n) is 2.94. The molecule has 1 aromatic heterocycles. The summed E-state index contributed by atoms with van der Waals surface area (Å²) in [5.41, 5.74) is 2.22. The van der Waals surface area contributed by atoms with Gasteiger partial charge in [-0.2, -0.15) is 0 Å². The summed E-state index contributed by atoms with van der Waals surface area (Å²) in [6, 6.07) is 8.12. The van der Waals surface area contributed by atoms with Crippen LogP contribution in [-0.2, 0) is 13.0 Å². The van der Waals surface area contributed by atoms with Crippen LogP contribution >= 0.6 is 0 Å². The van der Waals surface area contributed by atoms with E-state index >= 15 is 0 Å². The minimum Gasteiger partial charge on any atom is -0.446 e. The number of aromatic nitrogens is 1. The maximum absolute atomic E-state index is 12.8. The largest absolute Gasteiger partial charge is 0.446 e. The lowest BCUT2D eigenvalue weighted by atomic mass is 10.1. The number of carbonyl (C=O) groups is 2. The van der Waals surface area contributed by atoms with Crippen molar-refractivity contribution in [2.75, 3.05) is 5.32 Å². The maximum Gasteiger partial charge on any atom is 0.322 e. The van der Waals surface area contributed by atoms with Gasteiger partial charge in [-0.05, 0) is 49.8 Å². The van der Waals surface area contributed by atoms with Gasteiger partial charge in [-0.15, -0.1) is 0 Å². The summed E-state index contributed by atoms with van der Waals surface area (Å²) in [5.74, 6) is 0.159. The topological polar surface area (TPSA) is 87.5 Å². The minimum atomic E-state index is -0.216. The van der Waals surface area contributed by atoms with Crippen molar-refractivity contribution in [1.29, 1.82) is 0 Å². The van der Waals surface area contributed by atoms with E-state index in [1.165, 1.54) is 11.8 Å². The van der Waals surface area contributed by atoms with Crippen LogP contribution in [0.2, 0.25) is 0 Å². The molecule has 2 saturated carbocycles. The van der Waals surface area contributed by atoms with Gasteiger partial charge in [-0.3, -0.25) is 4.79 Å². The Morgan fingerprint density at radius 2 is 2.07 bits per heavy atom. The molecule has 2 fully saturated rings. The number of benzene rings is 1. The molecule has 0 radical (unpaired) electrons. The van der Waals surface area contributed by atoms with Crippen LogP contribution in [0.5, 0.6) is 0 Å². The van der Waals surface area contributed by atoms with Crippen molar-refractivity contribution >= 4 is 17.6 Å². The Morgan fingerprint density at radius 3 is 2.78 bits per heavy atom. The molecule has 2 aliphatic rings. The van der Waals surface area contributed by atoms with Crippen molar-refractivity contribution in [2.45, 2.75) is 57.7 Å². The summed E-state index contributed by atoms with van der Waals surface area (Å²) in [6.07, 6.45) is 6.26. The number of nitrogens with zero attached hydrogens (tertiary/aromatic N) is 2. The van der Waals surface area contributed by atoms with Crippen molar-refractivity contribution in [3.8, 4) is 0 Å². The van der Waals surface area contributed by atoms with Gasteiger partial charge in [0.1, 0.15) is 6.26 Å². The summed E-state index contributed by atoms with van der Waals surface area (Å²) in [4.78, 5) is 30.8. The first kappa shape index (κ1) is 17.6. The SMILES string of the molecule is CCc1cccc(NC(=O)N(Cc2nc(C(=O)NC3CC3)co2)C2CC2)c1. The standard InChI is InChI=1S/C20H24N4O3/c1-2-13-4-3-5-15(10-13)22-20(26)24(16-8-9-16)11-18-23-17(12-27-18)19(25)21-14-6-7-14/h3-5,10,12,14,16H,2,6-9,11H2,1H3,(H,21,25)(H,22,26). The summed E-state index contributed by atoms with van der Waals surface area (Å²) in [6.45, 7) is 2.33. The highest BCUT2D eigenvalue weighted by atomic mass is 16.3. The Labute approximate surface area is 158 Å². The number of carbonyl (C=O) groups excluding carboxylic acids is 2. The van der Waals surface area contributed by atoms with Crippen LogP contribution < -0.4 is 10.6 Å². The lowest BCUT2D eigenvalue weighted by Crippen LogP contribution is -2.36. The van der Waals surface area contributed by atoms with Crippen LogP contribution in [0.3, 0.4) is 0 Å². The quantitative estimate of drug-likeness (QED) is 0.785. The lowest BCUT2D eigenvalue weighted by molar-refractivity contribution is 0.0946. The van der Waals surface area contributed by atoms with E-state index in [0.717, 1.165) is 37.8 Å². The molecule has 7 nitrogen and oxygen atoms in total. The molecule has 0 saturated heterocycles. The first-order chi connectivity index (χ1) is 13.1. The zero-order chi connectivity index (χ0) is 18.8. The molecule has 0 bridgehead atoms. The molecule has 0 unspecified atom stereocenters. The van der Waals surface area contributed by atoms with Crippen LogP contribution in [0, 0.1) is 0 Å². The smallest absolute Gasteiger partial charge is 0.322 e. The molecule has 142 valence electrons. The highest BCUT2D eigenvalue weighted by Crippen LogP contribution is 2.29. The predicted molar refractivity (Wildman–Crippen MR) is 100 cm³/mol. The van der Waals surface area contributed by atoms with Crippen molar-refractivity contribution < 1.29 is 14.0 Å². The van der Waals surface area contributed by atoms with Crippen LogP contribution in [0.15, 0.2) is 34.9 Å². The van der Waals surface area contributed by atoms with Gasteiger partial charge < -0.3 is 20.0 Å². The zero-order valence-electron chi connectivity index (χ0n) is 15.4. The van der Waals surface area contributed by atoms with E-state index in [9.17, 15) is 9.59 Å². The van der Waals surface area contributed by atoms with Crippen LogP contribution in [0.4, 0.5) is 10.5 Å². The Bertz CT molecular complexity index is 839. The fourth-order valence-corrected chi connectivity index (χ4v) is 2.94. The summed E-state index contributed by atoms with van der Waals surface area (Å²) in [5, 5.41) is 5.84. The van der Waals surface area contributed by atoms with Crippen molar-refractivity contribution in [3.05, 3.63) is 47.7 Å². The first-order valence-electron chi connectivity index (χ1n) is 9.54. The van der Waals surface area contributed by atoms with E-state index in [4.69, 9.17) is 4.42 Å². The lowest BCUT2D eigenvalue weighted by Gasteiger charge is -2.21. The highest BCUT2D eigenvalue weighted by Gasteiger charge is 2.34. The number of aryl methyl sites for hydroxylation is 1. The molecule has 2 aliphatic carbocycles. The molecule has 1 aromatic carbocycles. The first-order valence-corrected chi connectivity index (χ1v) is 9.54. The third kappa shape index (κ3) is 4.48. The average molecular weight is 368 g/mol. The average Bonchev–Trinajstić information content (AvgIpc) is 3.60. The summed E-state index contributed by atoms with van der Waals surface area (Å²) >= 11 is 0. The van der Waals surface area contributed by atoms with E-state index in [0.29, 0.717) is 5.89 Å². The number of anilines is 1. The number of hydrogen-bond acceptors (Lipinski definition) is 4. The number of nitrogens with one attached hydrogen (secondary N) is 2. The second-order valence-corrected chi connectivity index (χ2v) is 7.22. The Morgan fingerprint density at radius 1 is 1.26 bits per heavy atom. The molecule has 3 amide bonds. The molecule has 4 rings (SSSR count). The monoisotopic (exact) mass is 368 g/mol. The Balaban J connectivity index is 1.41. The van der Waals surface area contributed by atoms with Gasteiger partial charge in [0.05, 0.1) is 6.54 Å².